The lowest BCUT2D eigenvalue weighted by Crippen LogP contribution is -2.32. The molecule has 1 aliphatic rings. The predicted octanol–water partition coefficient (Wildman–Crippen LogP) is 0.242. The van der Waals surface area contributed by atoms with Gasteiger partial charge in [-0.2, -0.15) is 5.10 Å². The van der Waals surface area contributed by atoms with Crippen molar-refractivity contribution in [1.82, 2.24) is 9.78 Å². The van der Waals surface area contributed by atoms with E-state index in [1.165, 1.54) is 23.9 Å². The molecule has 0 atom stereocenters. The average Bonchev–Trinajstić information content (AvgIpc) is 2.46. The predicted molar refractivity (Wildman–Crippen MR) is 72.5 cm³/mol. The number of piperidine rings is 1. The molecule has 2 rings (SSSR count). The molecule has 0 bridgehead atoms. The lowest BCUT2D eigenvalue weighted by molar-refractivity contribution is 0.0847. The standard InChI is InChI=1S/C13H21N3O3/c17-7-9-19-8-6-16-13(18)10-12(11-14-16)15-4-2-1-3-5-15/h10-11,17H,1-9H2. The van der Waals surface area contributed by atoms with Crippen molar-refractivity contribution < 1.29 is 9.84 Å². The Balaban J connectivity index is 1.94. The van der Waals surface area contributed by atoms with E-state index in [4.69, 9.17) is 9.84 Å². The van der Waals surface area contributed by atoms with Crippen molar-refractivity contribution >= 4 is 5.69 Å². The summed E-state index contributed by atoms with van der Waals surface area (Å²) in [6, 6.07) is 1.64. The van der Waals surface area contributed by atoms with Gasteiger partial charge in [-0.25, -0.2) is 4.68 Å². The third-order valence-corrected chi connectivity index (χ3v) is 3.26. The summed E-state index contributed by atoms with van der Waals surface area (Å²) in [5.74, 6) is 0. The summed E-state index contributed by atoms with van der Waals surface area (Å²) in [7, 11) is 0. The highest BCUT2D eigenvalue weighted by Crippen LogP contribution is 2.16. The maximum atomic E-state index is 11.9. The van der Waals surface area contributed by atoms with Gasteiger partial charge in [0.2, 0.25) is 0 Å². The van der Waals surface area contributed by atoms with Gasteiger partial charge in [0.05, 0.1) is 38.2 Å². The molecule has 0 spiro atoms. The Morgan fingerprint density at radius 1 is 1.26 bits per heavy atom. The van der Waals surface area contributed by atoms with E-state index in [0.717, 1.165) is 18.8 Å². The van der Waals surface area contributed by atoms with Crippen molar-refractivity contribution in [2.45, 2.75) is 25.8 Å². The molecule has 1 aromatic heterocycles. The Morgan fingerprint density at radius 3 is 2.74 bits per heavy atom. The Bertz CT molecular complexity index is 441. The minimum Gasteiger partial charge on any atom is -0.394 e. The fourth-order valence-electron chi connectivity index (χ4n) is 2.23. The number of hydrogen-bond acceptors (Lipinski definition) is 5. The number of aliphatic hydroxyl groups excluding tert-OH is 1. The third-order valence-electron chi connectivity index (χ3n) is 3.26. The van der Waals surface area contributed by atoms with E-state index in [9.17, 15) is 4.79 Å². The number of aromatic nitrogens is 2. The Hall–Kier alpha value is -1.40. The van der Waals surface area contributed by atoms with Crippen LogP contribution in [0.4, 0.5) is 5.69 Å². The van der Waals surface area contributed by atoms with Crippen molar-refractivity contribution in [3.8, 4) is 0 Å². The first-order chi connectivity index (χ1) is 9.31. The maximum Gasteiger partial charge on any atom is 0.268 e. The molecule has 0 unspecified atom stereocenters. The number of rotatable bonds is 6. The maximum absolute atomic E-state index is 11.9. The highest BCUT2D eigenvalue weighted by molar-refractivity contribution is 5.43. The summed E-state index contributed by atoms with van der Waals surface area (Å²) in [5.41, 5.74) is 0.813. The number of anilines is 1. The quantitative estimate of drug-likeness (QED) is 0.748. The van der Waals surface area contributed by atoms with E-state index < -0.39 is 0 Å². The van der Waals surface area contributed by atoms with Gasteiger partial charge in [0.25, 0.3) is 5.56 Å². The monoisotopic (exact) mass is 267 g/mol. The van der Waals surface area contributed by atoms with Crippen molar-refractivity contribution in [1.29, 1.82) is 0 Å². The minimum atomic E-state index is -0.101. The Kier molecular flexibility index (Phi) is 5.35. The molecule has 1 saturated heterocycles. The number of aliphatic hydroxyl groups is 1. The normalized spacial score (nSPS) is 15.7. The van der Waals surface area contributed by atoms with Gasteiger partial charge in [-0.3, -0.25) is 4.79 Å². The Morgan fingerprint density at radius 2 is 2.05 bits per heavy atom. The molecule has 2 heterocycles. The van der Waals surface area contributed by atoms with Crippen molar-refractivity contribution in [2.75, 3.05) is 37.8 Å². The summed E-state index contributed by atoms with van der Waals surface area (Å²) >= 11 is 0. The molecule has 6 heteroatoms. The van der Waals surface area contributed by atoms with Crippen molar-refractivity contribution in [2.24, 2.45) is 0 Å². The number of hydrogen-bond donors (Lipinski definition) is 1. The zero-order valence-corrected chi connectivity index (χ0v) is 11.1. The van der Waals surface area contributed by atoms with Gasteiger partial charge >= 0.3 is 0 Å². The van der Waals surface area contributed by atoms with Gasteiger partial charge < -0.3 is 14.7 Å². The second-order valence-corrected chi connectivity index (χ2v) is 4.66. The Labute approximate surface area is 112 Å². The SMILES string of the molecule is O=c1cc(N2CCCCC2)cnn1CCOCCO. The molecule has 19 heavy (non-hydrogen) atoms. The lowest BCUT2D eigenvalue weighted by atomic mass is 10.1. The molecule has 6 nitrogen and oxygen atoms in total. The zero-order chi connectivity index (χ0) is 13.5. The summed E-state index contributed by atoms with van der Waals surface area (Å²) in [5, 5.41) is 12.8. The van der Waals surface area contributed by atoms with Crippen LogP contribution in [0.2, 0.25) is 0 Å². The van der Waals surface area contributed by atoms with Crippen LogP contribution in [0.1, 0.15) is 19.3 Å². The largest absolute Gasteiger partial charge is 0.394 e. The van der Waals surface area contributed by atoms with Gasteiger partial charge in [0.1, 0.15) is 0 Å². The topological polar surface area (TPSA) is 67.6 Å². The van der Waals surface area contributed by atoms with Crippen LogP contribution in [0.25, 0.3) is 0 Å². The van der Waals surface area contributed by atoms with Crippen LogP contribution < -0.4 is 10.5 Å². The zero-order valence-electron chi connectivity index (χ0n) is 11.1. The summed E-state index contributed by atoms with van der Waals surface area (Å²) in [6.45, 7) is 3.10. The molecule has 0 aromatic carbocycles. The molecule has 0 aliphatic carbocycles. The van der Waals surface area contributed by atoms with Gasteiger partial charge in [-0.05, 0) is 19.3 Å². The van der Waals surface area contributed by atoms with Crippen LogP contribution in [0, 0.1) is 0 Å². The number of ether oxygens (including phenoxy) is 1. The molecule has 0 radical (unpaired) electrons. The van der Waals surface area contributed by atoms with E-state index in [1.807, 2.05) is 0 Å². The summed E-state index contributed by atoms with van der Waals surface area (Å²) < 4.78 is 6.52. The summed E-state index contributed by atoms with van der Waals surface area (Å²) in [6.07, 6.45) is 5.37. The number of nitrogens with zero attached hydrogens (tertiary/aromatic N) is 3. The average molecular weight is 267 g/mol. The van der Waals surface area contributed by atoms with Crippen molar-refractivity contribution in [3.05, 3.63) is 22.6 Å². The van der Waals surface area contributed by atoms with E-state index in [2.05, 4.69) is 10.00 Å². The fourth-order valence-corrected chi connectivity index (χ4v) is 2.23. The van der Waals surface area contributed by atoms with Crippen molar-refractivity contribution in [3.63, 3.8) is 0 Å². The van der Waals surface area contributed by atoms with E-state index in [1.54, 1.807) is 12.3 Å². The van der Waals surface area contributed by atoms with Crippen LogP contribution in [-0.4, -0.2) is 47.8 Å². The molecule has 1 fully saturated rings. The first kappa shape index (κ1) is 14.0. The first-order valence-electron chi connectivity index (χ1n) is 6.82. The van der Waals surface area contributed by atoms with Gasteiger partial charge in [-0.1, -0.05) is 0 Å². The second kappa shape index (κ2) is 7.25. The molecular formula is C13H21N3O3. The molecule has 1 aliphatic heterocycles. The second-order valence-electron chi connectivity index (χ2n) is 4.66. The highest BCUT2D eigenvalue weighted by atomic mass is 16.5. The minimum absolute atomic E-state index is 0.00374. The van der Waals surface area contributed by atoms with Crippen LogP contribution in [0.15, 0.2) is 17.1 Å². The van der Waals surface area contributed by atoms with Crippen LogP contribution in [0.5, 0.6) is 0 Å². The lowest BCUT2D eigenvalue weighted by Gasteiger charge is -2.28. The first-order valence-corrected chi connectivity index (χ1v) is 6.82. The van der Waals surface area contributed by atoms with E-state index >= 15 is 0 Å². The van der Waals surface area contributed by atoms with Crippen LogP contribution in [-0.2, 0) is 11.3 Å². The third kappa shape index (κ3) is 4.04. The summed E-state index contributed by atoms with van der Waals surface area (Å²) in [4.78, 5) is 14.1. The molecule has 0 amide bonds. The molecule has 1 aromatic rings. The van der Waals surface area contributed by atoms with Gasteiger partial charge in [0.15, 0.2) is 0 Å². The van der Waals surface area contributed by atoms with Gasteiger partial charge in [0, 0.05) is 19.2 Å². The molecule has 106 valence electrons. The van der Waals surface area contributed by atoms with Gasteiger partial charge in [-0.15, -0.1) is 0 Å². The van der Waals surface area contributed by atoms with Crippen LogP contribution in [0.3, 0.4) is 0 Å². The molecule has 0 saturated carbocycles. The molecular weight excluding hydrogens is 246 g/mol. The van der Waals surface area contributed by atoms with Crippen LogP contribution >= 0.6 is 0 Å². The smallest absolute Gasteiger partial charge is 0.268 e. The highest BCUT2D eigenvalue weighted by Gasteiger charge is 2.12. The molecule has 1 N–H and O–H groups in total. The fraction of sp³-hybridized carbons (Fsp3) is 0.692. The van der Waals surface area contributed by atoms with E-state index in [0.29, 0.717) is 19.8 Å². The van der Waals surface area contributed by atoms with E-state index in [-0.39, 0.29) is 12.2 Å².